The molecule has 3 heterocycles. The van der Waals surface area contributed by atoms with E-state index >= 15 is 0 Å². The Hall–Kier alpha value is -2.81. The van der Waals surface area contributed by atoms with Crippen LogP contribution in [0.5, 0.6) is 0 Å². The molecule has 160 valence electrons. The molecule has 9 heteroatoms. The highest BCUT2D eigenvalue weighted by atomic mass is 19.2. The summed E-state index contributed by atoms with van der Waals surface area (Å²) in [5.41, 5.74) is 1.78. The Labute approximate surface area is 173 Å². The average molecular weight is 419 g/mol. The van der Waals surface area contributed by atoms with E-state index in [-0.39, 0.29) is 30.0 Å². The predicted octanol–water partition coefficient (Wildman–Crippen LogP) is 3.30. The number of amides is 1. The number of halogens is 3. The summed E-state index contributed by atoms with van der Waals surface area (Å²) in [6.07, 6.45) is 3.31. The summed E-state index contributed by atoms with van der Waals surface area (Å²) >= 11 is 0. The molecule has 0 radical (unpaired) electrons. The molecule has 2 aliphatic rings. The quantitative estimate of drug-likeness (QED) is 0.714. The minimum Gasteiger partial charge on any atom is -0.347 e. The monoisotopic (exact) mass is 419 g/mol. The second-order valence-corrected chi connectivity index (χ2v) is 8.20. The first kappa shape index (κ1) is 20.5. The summed E-state index contributed by atoms with van der Waals surface area (Å²) in [5, 5.41) is 4.18. The Balaban J connectivity index is 1.36. The molecule has 0 bridgehead atoms. The summed E-state index contributed by atoms with van der Waals surface area (Å²) < 4.78 is 41.8. The fraction of sp³-hybridized carbons (Fsp3) is 0.429. The van der Waals surface area contributed by atoms with Crippen molar-refractivity contribution in [1.82, 2.24) is 19.6 Å². The van der Waals surface area contributed by atoms with Gasteiger partial charge in [-0.3, -0.25) is 4.90 Å². The van der Waals surface area contributed by atoms with Gasteiger partial charge in [0.05, 0.1) is 18.1 Å². The van der Waals surface area contributed by atoms with Crippen LogP contribution in [0, 0.1) is 29.3 Å². The highest BCUT2D eigenvalue weighted by molar-refractivity contribution is 5.77. The highest BCUT2D eigenvalue weighted by Gasteiger charge is 2.42. The largest absolute Gasteiger partial charge is 0.347 e. The number of rotatable bonds is 4. The topological polar surface area (TPSA) is 44.6 Å². The summed E-state index contributed by atoms with van der Waals surface area (Å²) in [7, 11) is 1.86. The molecule has 1 amide bonds. The van der Waals surface area contributed by atoms with Crippen molar-refractivity contribution in [3.63, 3.8) is 0 Å². The number of nitrogens with zero attached hydrogens (tertiary/aromatic N) is 5. The molecule has 4 rings (SSSR count). The SMILES string of the molecule is C=C(C)N(C)c1cnn(C(=O)N2CC3CN(Cc4cc(F)c(F)cc4F)CC3C2)c1. The van der Waals surface area contributed by atoms with Gasteiger partial charge < -0.3 is 9.80 Å². The molecule has 1 aromatic carbocycles. The zero-order valence-electron chi connectivity index (χ0n) is 17.0. The van der Waals surface area contributed by atoms with Crippen LogP contribution >= 0.6 is 0 Å². The highest BCUT2D eigenvalue weighted by Crippen LogP contribution is 2.32. The van der Waals surface area contributed by atoms with Crippen LogP contribution < -0.4 is 4.90 Å². The van der Waals surface area contributed by atoms with Crippen LogP contribution in [0.25, 0.3) is 0 Å². The number of hydrogen-bond acceptors (Lipinski definition) is 4. The Morgan fingerprint density at radius 1 is 1.13 bits per heavy atom. The van der Waals surface area contributed by atoms with E-state index in [9.17, 15) is 18.0 Å². The normalized spacial score (nSPS) is 21.2. The molecule has 0 N–H and O–H groups in total. The van der Waals surface area contributed by atoms with Crippen LogP contribution in [-0.4, -0.2) is 58.8 Å². The van der Waals surface area contributed by atoms with Crippen LogP contribution in [0.1, 0.15) is 12.5 Å². The average Bonchev–Trinajstić information content (AvgIpc) is 3.39. The van der Waals surface area contributed by atoms with Gasteiger partial charge in [0.1, 0.15) is 5.82 Å². The van der Waals surface area contributed by atoms with Gasteiger partial charge in [0, 0.05) is 57.1 Å². The van der Waals surface area contributed by atoms with Crippen molar-refractivity contribution in [1.29, 1.82) is 0 Å². The fourth-order valence-corrected chi connectivity index (χ4v) is 4.26. The lowest BCUT2D eigenvalue weighted by Crippen LogP contribution is -2.36. The summed E-state index contributed by atoms with van der Waals surface area (Å²) in [6, 6.07) is 1.33. The predicted molar refractivity (Wildman–Crippen MR) is 106 cm³/mol. The number of likely N-dealkylation sites (tertiary alicyclic amines) is 2. The summed E-state index contributed by atoms with van der Waals surface area (Å²) in [6.45, 7) is 8.51. The molecule has 1 aromatic heterocycles. The summed E-state index contributed by atoms with van der Waals surface area (Å²) in [5.74, 6) is -2.44. The van der Waals surface area contributed by atoms with Gasteiger partial charge in [-0.1, -0.05) is 6.58 Å². The Morgan fingerprint density at radius 3 is 2.40 bits per heavy atom. The molecule has 2 saturated heterocycles. The second-order valence-electron chi connectivity index (χ2n) is 8.20. The fourth-order valence-electron chi connectivity index (χ4n) is 4.26. The van der Waals surface area contributed by atoms with Gasteiger partial charge in [0.15, 0.2) is 11.6 Å². The molecule has 2 aliphatic heterocycles. The number of fused-ring (bicyclic) bond motifs is 1. The van der Waals surface area contributed by atoms with Crippen molar-refractivity contribution in [3.05, 3.63) is 59.8 Å². The third kappa shape index (κ3) is 3.81. The van der Waals surface area contributed by atoms with Gasteiger partial charge in [-0.05, 0) is 24.8 Å². The number of anilines is 1. The first-order valence-corrected chi connectivity index (χ1v) is 9.82. The van der Waals surface area contributed by atoms with Crippen molar-refractivity contribution in [3.8, 4) is 0 Å². The number of benzene rings is 1. The molecule has 2 aromatic rings. The van der Waals surface area contributed by atoms with Gasteiger partial charge in [-0.15, -0.1) is 0 Å². The third-order valence-corrected chi connectivity index (χ3v) is 6.04. The molecular weight excluding hydrogens is 395 g/mol. The van der Waals surface area contributed by atoms with Gasteiger partial charge in [0.25, 0.3) is 0 Å². The molecule has 0 saturated carbocycles. The van der Waals surface area contributed by atoms with Crippen LogP contribution in [0.2, 0.25) is 0 Å². The van der Waals surface area contributed by atoms with E-state index in [0.717, 1.165) is 17.5 Å². The van der Waals surface area contributed by atoms with E-state index in [2.05, 4.69) is 11.7 Å². The van der Waals surface area contributed by atoms with E-state index in [1.54, 1.807) is 17.3 Å². The lowest BCUT2D eigenvalue weighted by Gasteiger charge is -2.21. The first-order chi connectivity index (χ1) is 14.2. The van der Waals surface area contributed by atoms with Crippen molar-refractivity contribution >= 4 is 11.7 Å². The number of allylic oxidation sites excluding steroid dienone is 1. The molecule has 2 unspecified atom stereocenters. The minimum atomic E-state index is -1.18. The molecule has 2 atom stereocenters. The van der Waals surface area contributed by atoms with Gasteiger partial charge in [0.2, 0.25) is 0 Å². The smallest absolute Gasteiger partial charge is 0.344 e. The maximum Gasteiger partial charge on any atom is 0.344 e. The summed E-state index contributed by atoms with van der Waals surface area (Å²) in [4.78, 5) is 18.5. The molecule has 0 aliphatic carbocycles. The Kier molecular flexibility index (Phi) is 5.31. The van der Waals surface area contributed by atoms with E-state index in [0.29, 0.717) is 32.2 Å². The molecule has 6 nitrogen and oxygen atoms in total. The van der Waals surface area contributed by atoms with Crippen LogP contribution in [-0.2, 0) is 6.54 Å². The Bertz CT molecular complexity index is 977. The first-order valence-electron chi connectivity index (χ1n) is 9.82. The van der Waals surface area contributed by atoms with Crippen LogP contribution in [0.15, 0.2) is 36.8 Å². The maximum atomic E-state index is 13.9. The number of aromatic nitrogens is 2. The molecule has 0 spiro atoms. The lowest BCUT2D eigenvalue weighted by atomic mass is 10.0. The van der Waals surface area contributed by atoms with E-state index in [1.807, 2.05) is 23.8 Å². The van der Waals surface area contributed by atoms with E-state index in [1.165, 1.54) is 4.68 Å². The van der Waals surface area contributed by atoms with E-state index < -0.39 is 17.5 Å². The van der Waals surface area contributed by atoms with Crippen molar-refractivity contribution in [2.24, 2.45) is 11.8 Å². The minimum absolute atomic E-state index is 0.146. The maximum absolute atomic E-state index is 13.9. The molecule has 2 fully saturated rings. The number of carbonyl (C=O) groups is 1. The molecule has 30 heavy (non-hydrogen) atoms. The van der Waals surface area contributed by atoms with Crippen molar-refractivity contribution in [2.45, 2.75) is 13.5 Å². The number of carbonyl (C=O) groups excluding carboxylic acids is 1. The molecular formula is C21H24F3N5O. The van der Waals surface area contributed by atoms with Gasteiger partial charge in [-0.25, -0.2) is 18.0 Å². The zero-order valence-corrected chi connectivity index (χ0v) is 17.0. The van der Waals surface area contributed by atoms with Crippen molar-refractivity contribution < 1.29 is 18.0 Å². The van der Waals surface area contributed by atoms with Gasteiger partial charge >= 0.3 is 6.03 Å². The number of hydrogen-bond donors (Lipinski definition) is 0. The Morgan fingerprint density at radius 2 is 1.77 bits per heavy atom. The standard InChI is InChI=1S/C21H24F3N5O/c1-13(2)26(3)17-6-25-29(12-17)21(30)28-10-15-8-27(9-16(15)11-28)7-14-4-19(23)20(24)5-18(14)22/h4-6,12,15-16H,1,7-11H2,2-3H3. The second kappa shape index (κ2) is 7.79. The van der Waals surface area contributed by atoms with E-state index in [4.69, 9.17) is 0 Å². The third-order valence-electron chi connectivity index (χ3n) is 6.04. The lowest BCUT2D eigenvalue weighted by molar-refractivity contribution is 0.197. The van der Waals surface area contributed by atoms with Gasteiger partial charge in [-0.2, -0.15) is 9.78 Å². The van der Waals surface area contributed by atoms with Crippen LogP contribution in [0.4, 0.5) is 23.7 Å². The van der Waals surface area contributed by atoms with Crippen LogP contribution in [0.3, 0.4) is 0 Å². The zero-order chi connectivity index (χ0) is 21.6. The van der Waals surface area contributed by atoms with Crippen molar-refractivity contribution in [2.75, 3.05) is 38.1 Å².